The van der Waals surface area contributed by atoms with E-state index >= 15 is 0 Å². The summed E-state index contributed by atoms with van der Waals surface area (Å²) in [6.45, 7) is 8.09. The van der Waals surface area contributed by atoms with Crippen molar-refractivity contribution in [3.8, 4) is 0 Å². The van der Waals surface area contributed by atoms with Crippen LogP contribution in [0.3, 0.4) is 0 Å². The molecule has 0 fully saturated rings. The minimum absolute atomic E-state index is 0.0473. The maximum atomic E-state index is 12.3. The second kappa shape index (κ2) is 7.36. The van der Waals surface area contributed by atoms with Crippen molar-refractivity contribution >= 4 is 11.8 Å². The third kappa shape index (κ3) is 4.29. The summed E-state index contributed by atoms with van der Waals surface area (Å²) in [5.41, 5.74) is 5.20. The van der Waals surface area contributed by atoms with Crippen LogP contribution >= 0.6 is 0 Å². The third-order valence-corrected chi connectivity index (χ3v) is 3.38. The smallest absolute Gasteiger partial charge is 0.239 e. The van der Waals surface area contributed by atoms with Gasteiger partial charge in [-0.1, -0.05) is 13.8 Å². The molecule has 0 aromatic heterocycles. The number of amides is 2. The summed E-state index contributed by atoms with van der Waals surface area (Å²) in [5.74, 6) is -0.187. The molecule has 0 aromatic carbocycles. The number of rotatable bonds is 7. The van der Waals surface area contributed by atoms with E-state index in [0.29, 0.717) is 19.4 Å². The molecule has 0 saturated carbocycles. The minimum atomic E-state index is -0.535. The number of hydrogen-bond acceptors (Lipinski definition) is 3. The molecule has 0 saturated heterocycles. The highest BCUT2D eigenvalue weighted by Gasteiger charge is 2.36. The van der Waals surface area contributed by atoms with Crippen LogP contribution in [0.4, 0.5) is 0 Å². The van der Waals surface area contributed by atoms with Gasteiger partial charge < -0.3 is 16.0 Å². The van der Waals surface area contributed by atoms with Crippen LogP contribution in [0.25, 0.3) is 0 Å². The molecule has 0 aliphatic heterocycles. The first kappa shape index (κ1) is 16.9. The van der Waals surface area contributed by atoms with Gasteiger partial charge in [-0.15, -0.1) is 0 Å². The van der Waals surface area contributed by atoms with Gasteiger partial charge in [0.1, 0.15) is 0 Å². The summed E-state index contributed by atoms with van der Waals surface area (Å²) >= 11 is 0. The molecule has 0 aliphatic carbocycles. The van der Waals surface area contributed by atoms with Crippen LogP contribution in [0.1, 0.15) is 40.5 Å². The highest BCUT2D eigenvalue weighted by molar-refractivity contribution is 5.88. The predicted molar refractivity (Wildman–Crippen MR) is 73.0 cm³/mol. The number of nitrogens with two attached hydrogens (primary N) is 1. The summed E-state index contributed by atoms with van der Waals surface area (Å²) in [4.78, 5) is 25.4. The Bertz CT molecular complexity index is 278. The molecule has 5 nitrogen and oxygen atoms in total. The molecular weight excluding hydrogens is 230 g/mol. The van der Waals surface area contributed by atoms with Crippen molar-refractivity contribution < 1.29 is 9.59 Å². The lowest BCUT2D eigenvalue weighted by Crippen LogP contribution is -2.49. The average Bonchev–Trinajstić information content (AvgIpc) is 2.30. The van der Waals surface area contributed by atoms with Gasteiger partial charge in [0.15, 0.2) is 0 Å². The topological polar surface area (TPSA) is 75.4 Å². The first-order valence-corrected chi connectivity index (χ1v) is 6.58. The van der Waals surface area contributed by atoms with Gasteiger partial charge in [-0.25, -0.2) is 0 Å². The van der Waals surface area contributed by atoms with Gasteiger partial charge in [-0.2, -0.15) is 0 Å². The van der Waals surface area contributed by atoms with Crippen molar-refractivity contribution in [3.63, 3.8) is 0 Å². The molecule has 3 N–H and O–H groups in total. The Kier molecular flexibility index (Phi) is 6.91. The van der Waals surface area contributed by atoms with Crippen molar-refractivity contribution in [3.05, 3.63) is 0 Å². The fourth-order valence-electron chi connectivity index (χ4n) is 1.99. The molecular formula is C13H27N3O2. The van der Waals surface area contributed by atoms with Gasteiger partial charge in [-0.05, 0) is 26.7 Å². The monoisotopic (exact) mass is 257 g/mol. The van der Waals surface area contributed by atoms with Crippen LogP contribution in [-0.2, 0) is 9.59 Å². The fraction of sp³-hybridized carbons (Fsp3) is 0.846. The highest BCUT2D eigenvalue weighted by Crippen LogP contribution is 2.27. The van der Waals surface area contributed by atoms with Gasteiger partial charge >= 0.3 is 0 Å². The van der Waals surface area contributed by atoms with Gasteiger partial charge in [-0.3, -0.25) is 9.59 Å². The Balaban J connectivity index is 4.63. The largest absolute Gasteiger partial charge is 0.352 e. The zero-order chi connectivity index (χ0) is 14.3. The highest BCUT2D eigenvalue weighted by atomic mass is 16.2. The van der Waals surface area contributed by atoms with Gasteiger partial charge in [0.25, 0.3) is 0 Å². The number of likely N-dealkylation sites (N-methyl/N-ethyl adjacent to an activating group) is 1. The van der Waals surface area contributed by atoms with Crippen LogP contribution < -0.4 is 11.1 Å². The van der Waals surface area contributed by atoms with E-state index in [4.69, 9.17) is 5.73 Å². The van der Waals surface area contributed by atoms with E-state index in [1.807, 2.05) is 27.7 Å². The summed E-state index contributed by atoms with van der Waals surface area (Å²) in [5, 5.41) is 2.77. The summed E-state index contributed by atoms with van der Waals surface area (Å²) < 4.78 is 0. The molecule has 0 atom stereocenters. The number of hydrogen-bond donors (Lipinski definition) is 2. The Hall–Kier alpha value is -1.10. The molecule has 0 spiro atoms. The van der Waals surface area contributed by atoms with Gasteiger partial charge in [0.05, 0.1) is 12.0 Å². The molecule has 0 radical (unpaired) electrons. The zero-order valence-corrected chi connectivity index (χ0v) is 12.2. The number of nitrogens with zero attached hydrogens (tertiary/aromatic N) is 1. The first-order valence-electron chi connectivity index (χ1n) is 6.58. The molecule has 0 unspecified atom stereocenters. The van der Waals surface area contributed by atoms with Crippen LogP contribution in [0, 0.1) is 5.41 Å². The van der Waals surface area contributed by atoms with E-state index in [2.05, 4.69) is 5.32 Å². The maximum Gasteiger partial charge on any atom is 0.239 e. The molecule has 2 amide bonds. The van der Waals surface area contributed by atoms with Crippen molar-refractivity contribution in [2.45, 2.75) is 46.6 Å². The second-order valence-corrected chi connectivity index (χ2v) is 5.07. The summed E-state index contributed by atoms with van der Waals surface area (Å²) in [7, 11) is 1.65. The SMILES string of the molecule is CCC(CC)(CN)C(=O)N(C)CC(=O)NC(C)C. The van der Waals surface area contributed by atoms with E-state index in [1.54, 1.807) is 7.05 Å². The van der Waals surface area contributed by atoms with Crippen LogP contribution in [0.15, 0.2) is 0 Å². The normalized spacial score (nSPS) is 11.5. The summed E-state index contributed by atoms with van der Waals surface area (Å²) in [6, 6.07) is 0.0811. The second-order valence-electron chi connectivity index (χ2n) is 5.07. The lowest BCUT2D eigenvalue weighted by Gasteiger charge is -2.33. The summed E-state index contributed by atoms with van der Waals surface area (Å²) in [6.07, 6.45) is 1.38. The number of carbonyl (C=O) groups is 2. The lowest BCUT2D eigenvalue weighted by molar-refractivity contribution is -0.143. The van der Waals surface area contributed by atoms with Crippen LogP contribution in [-0.4, -0.2) is 42.9 Å². The standard InChI is InChI=1S/C13H27N3O2/c1-6-13(7-2,9-14)12(18)16(5)8-11(17)15-10(3)4/h10H,6-9,14H2,1-5H3,(H,15,17). The zero-order valence-electron chi connectivity index (χ0n) is 12.2. The van der Waals surface area contributed by atoms with E-state index in [1.165, 1.54) is 4.90 Å². The van der Waals surface area contributed by atoms with Gasteiger partial charge in [0.2, 0.25) is 11.8 Å². The average molecular weight is 257 g/mol. The first-order chi connectivity index (χ1) is 8.32. The molecule has 0 heterocycles. The fourth-order valence-corrected chi connectivity index (χ4v) is 1.99. The molecule has 0 bridgehead atoms. The minimum Gasteiger partial charge on any atom is -0.352 e. The van der Waals surface area contributed by atoms with E-state index < -0.39 is 5.41 Å². The predicted octanol–water partition coefficient (Wildman–Crippen LogP) is 0.735. The Morgan fingerprint density at radius 2 is 1.78 bits per heavy atom. The Morgan fingerprint density at radius 1 is 1.28 bits per heavy atom. The molecule has 106 valence electrons. The Morgan fingerprint density at radius 3 is 2.11 bits per heavy atom. The van der Waals surface area contributed by atoms with Crippen molar-refractivity contribution in [1.29, 1.82) is 0 Å². The van der Waals surface area contributed by atoms with E-state index in [9.17, 15) is 9.59 Å². The third-order valence-electron chi connectivity index (χ3n) is 3.38. The molecule has 5 heteroatoms. The number of nitrogens with one attached hydrogen (secondary N) is 1. The van der Waals surface area contributed by atoms with Crippen LogP contribution in [0.5, 0.6) is 0 Å². The maximum absolute atomic E-state index is 12.3. The van der Waals surface area contributed by atoms with E-state index in [0.717, 1.165) is 0 Å². The molecule has 0 aliphatic rings. The lowest BCUT2D eigenvalue weighted by atomic mass is 9.81. The van der Waals surface area contributed by atoms with Crippen molar-refractivity contribution in [2.75, 3.05) is 20.1 Å². The van der Waals surface area contributed by atoms with Crippen molar-refractivity contribution in [1.82, 2.24) is 10.2 Å². The Labute approximate surface area is 110 Å². The number of carbonyl (C=O) groups excluding carboxylic acids is 2. The van der Waals surface area contributed by atoms with E-state index in [-0.39, 0.29) is 24.4 Å². The molecule has 0 rings (SSSR count). The van der Waals surface area contributed by atoms with Gasteiger partial charge in [0, 0.05) is 19.6 Å². The van der Waals surface area contributed by atoms with Crippen LogP contribution in [0.2, 0.25) is 0 Å². The van der Waals surface area contributed by atoms with Crippen molar-refractivity contribution in [2.24, 2.45) is 11.1 Å². The quantitative estimate of drug-likeness (QED) is 0.706. The molecule has 0 aromatic rings. The molecule has 18 heavy (non-hydrogen) atoms.